The highest BCUT2D eigenvalue weighted by Gasteiger charge is 2.21. The van der Waals surface area contributed by atoms with Gasteiger partial charge in [0.1, 0.15) is 5.02 Å². The van der Waals surface area contributed by atoms with E-state index in [0.717, 1.165) is 38.1 Å². The van der Waals surface area contributed by atoms with E-state index >= 15 is 0 Å². The van der Waals surface area contributed by atoms with Gasteiger partial charge in [0.2, 0.25) is 0 Å². The fraction of sp³-hybridized carbons (Fsp3) is 0.435. The second kappa shape index (κ2) is 12.8. The second-order valence-electron chi connectivity index (χ2n) is 8.66. The molecule has 35 heavy (non-hydrogen) atoms. The largest absolute Gasteiger partial charge is 0.339 e. The molecule has 0 bridgehead atoms. The van der Waals surface area contributed by atoms with Gasteiger partial charge < -0.3 is 14.7 Å². The first-order valence-corrected chi connectivity index (χ1v) is 12.9. The topological polar surface area (TPSA) is 116 Å². The van der Waals surface area contributed by atoms with Gasteiger partial charge in [0.05, 0.1) is 9.82 Å². The predicted octanol–water partition coefficient (Wildman–Crippen LogP) is 3.39. The fourth-order valence-electron chi connectivity index (χ4n) is 3.35. The fourth-order valence-corrected chi connectivity index (χ4v) is 4.61. The highest BCUT2D eigenvalue weighted by Crippen LogP contribution is 2.28. The van der Waals surface area contributed by atoms with Crippen molar-refractivity contribution in [2.24, 2.45) is 0 Å². The van der Waals surface area contributed by atoms with Gasteiger partial charge in [-0.15, -0.1) is 0 Å². The third kappa shape index (κ3) is 8.77. The third-order valence-corrected chi connectivity index (χ3v) is 6.86. The van der Waals surface area contributed by atoms with Crippen LogP contribution in [0.4, 0.5) is 11.4 Å². The molecule has 0 heterocycles. The third-order valence-electron chi connectivity index (χ3n) is 5.16. The van der Waals surface area contributed by atoms with E-state index in [0.29, 0.717) is 18.7 Å². The lowest BCUT2D eigenvalue weighted by Crippen LogP contribution is -2.35. The molecule has 192 valence electrons. The van der Waals surface area contributed by atoms with E-state index in [2.05, 4.69) is 14.5 Å². The van der Waals surface area contributed by atoms with Crippen molar-refractivity contribution < 1.29 is 18.1 Å². The minimum absolute atomic E-state index is 0.120. The molecule has 10 nitrogen and oxygen atoms in total. The summed E-state index contributed by atoms with van der Waals surface area (Å²) in [5, 5.41) is 10.9. The Hall–Kier alpha value is -2.73. The Morgan fingerprint density at radius 3 is 1.97 bits per heavy atom. The van der Waals surface area contributed by atoms with Crippen LogP contribution in [0.15, 0.2) is 47.4 Å². The molecule has 0 aliphatic heterocycles. The molecule has 1 amide bonds. The van der Waals surface area contributed by atoms with E-state index < -0.39 is 20.6 Å². The minimum atomic E-state index is -4.09. The summed E-state index contributed by atoms with van der Waals surface area (Å²) in [5.74, 6) is -0.120. The van der Waals surface area contributed by atoms with Crippen LogP contribution in [0.3, 0.4) is 0 Å². The normalized spacial score (nSPS) is 11.6. The lowest BCUT2D eigenvalue weighted by atomic mass is 10.1. The molecule has 0 saturated carbocycles. The smallest absolute Gasteiger partial charge is 0.289 e. The number of hydrogen-bond donors (Lipinski definition) is 1. The second-order valence-corrected chi connectivity index (χ2v) is 10.7. The van der Waals surface area contributed by atoms with Gasteiger partial charge in [0, 0.05) is 30.4 Å². The van der Waals surface area contributed by atoms with E-state index in [9.17, 15) is 23.3 Å². The quantitative estimate of drug-likeness (QED) is 0.314. The average molecular weight is 526 g/mol. The molecule has 0 spiro atoms. The van der Waals surface area contributed by atoms with Crippen LogP contribution >= 0.6 is 11.6 Å². The van der Waals surface area contributed by atoms with Crippen molar-refractivity contribution in [2.75, 3.05) is 59.1 Å². The van der Waals surface area contributed by atoms with Gasteiger partial charge in [-0.2, -0.15) is 0 Å². The van der Waals surface area contributed by atoms with E-state index in [1.165, 1.54) is 18.2 Å². The summed E-state index contributed by atoms with van der Waals surface area (Å²) in [6.45, 7) is 2.96. The number of carbonyl (C=O) groups is 1. The lowest BCUT2D eigenvalue weighted by molar-refractivity contribution is -0.384. The molecule has 0 atom stereocenters. The van der Waals surface area contributed by atoms with E-state index in [-0.39, 0.29) is 21.5 Å². The summed E-state index contributed by atoms with van der Waals surface area (Å²) in [4.78, 5) is 29.1. The minimum Gasteiger partial charge on any atom is -0.339 e. The van der Waals surface area contributed by atoms with Gasteiger partial charge in [-0.3, -0.25) is 19.6 Å². The average Bonchev–Trinajstić information content (AvgIpc) is 2.77. The number of nitro benzene ring substituents is 1. The number of sulfonamides is 1. The summed E-state index contributed by atoms with van der Waals surface area (Å²) >= 11 is 5.77. The van der Waals surface area contributed by atoms with Crippen molar-refractivity contribution in [3.05, 3.63) is 63.2 Å². The molecular weight excluding hydrogens is 494 g/mol. The van der Waals surface area contributed by atoms with Crippen molar-refractivity contribution >= 4 is 38.9 Å². The Morgan fingerprint density at radius 2 is 1.49 bits per heavy atom. The molecule has 0 aliphatic rings. The van der Waals surface area contributed by atoms with Crippen molar-refractivity contribution in [3.63, 3.8) is 0 Å². The SMILES string of the molecule is CN(C)CCCN(CCCN(C)C)C(=O)c1ccc(NS(=O)(=O)c2ccc(Cl)c([N+](=O)[O-])c2)cc1. The first-order valence-electron chi connectivity index (χ1n) is 11.1. The molecule has 2 aromatic carbocycles. The molecule has 1 N–H and O–H groups in total. The molecule has 2 aromatic rings. The van der Waals surface area contributed by atoms with Gasteiger partial charge >= 0.3 is 0 Å². The molecular formula is C23H32ClN5O5S. The Kier molecular flexibility index (Phi) is 10.4. The first kappa shape index (κ1) is 28.5. The highest BCUT2D eigenvalue weighted by atomic mass is 35.5. The van der Waals surface area contributed by atoms with E-state index in [1.54, 1.807) is 12.1 Å². The number of rotatable bonds is 13. The van der Waals surface area contributed by atoms with Gasteiger partial charge in [0.15, 0.2) is 0 Å². The van der Waals surface area contributed by atoms with E-state index in [4.69, 9.17) is 11.6 Å². The van der Waals surface area contributed by atoms with Crippen LogP contribution in [0.1, 0.15) is 23.2 Å². The molecule has 0 aromatic heterocycles. The van der Waals surface area contributed by atoms with Crippen LogP contribution in [-0.4, -0.2) is 88.3 Å². The zero-order valence-electron chi connectivity index (χ0n) is 20.4. The standard InChI is InChI=1S/C23H32ClN5O5S/c1-26(2)13-5-15-28(16-6-14-27(3)4)23(30)18-7-9-19(10-8-18)25-35(33,34)20-11-12-21(24)22(17-20)29(31)32/h7-12,17,25H,5-6,13-16H2,1-4H3. The molecule has 2 rings (SSSR count). The van der Waals surface area contributed by atoms with Crippen LogP contribution in [0, 0.1) is 10.1 Å². The molecule has 0 saturated heterocycles. The summed E-state index contributed by atoms with van der Waals surface area (Å²) in [7, 11) is 3.85. The summed E-state index contributed by atoms with van der Waals surface area (Å²) in [6, 6.07) is 9.37. The zero-order chi connectivity index (χ0) is 26.2. The maximum absolute atomic E-state index is 13.1. The number of halogens is 1. The summed E-state index contributed by atoms with van der Waals surface area (Å²) < 4.78 is 27.8. The monoisotopic (exact) mass is 525 g/mol. The molecule has 0 fully saturated rings. The molecule has 0 radical (unpaired) electrons. The first-order chi connectivity index (χ1) is 16.4. The van der Waals surface area contributed by atoms with Gasteiger partial charge in [-0.1, -0.05) is 11.6 Å². The number of nitrogens with zero attached hydrogens (tertiary/aromatic N) is 4. The Bertz CT molecular complexity index is 1110. The lowest BCUT2D eigenvalue weighted by Gasteiger charge is -2.24. The molecule has 12 heteroatoms. The highest BCUT2D eigenvalue weighted by molar-refractivity contribution is 7.92. The Morgan fingerprint density at radius 1 is 0.943 bits per heavy atom. The maximum Gasteiger partial charge on any atom is 0.289 e. The van der Waals surface area contributed by atoms with Gasteiger partial charge in [-0.25, -0.2) is 8.42 Å². The summed E-state index contributed by atoms with van der Waals surface area (Å²) in [5.41, 5.74) is 0.176. The van der Waals surface area contributed by atoms with Crippen LogP contribution in [-0.2, 0) is 10.0 Å². The number of amides is 1. The number of benzene rings is 2. The molecule has 0 unspecified atom stereocenters. The number of nitro groups is 1. The van der Waals surface area contributed by atoms with Gasteiger partial charge in [-0.05, 0) is 90.5 Å². The number of hydrogen-bond acceptors (Lipinski definition) is 7. The van der Waals surface area contributed by atoms with Crippen molar-refractivity contribution in [3.8, 4) is 0 Å². The van der Waals surface area contributed by atoms with Crippen LogP contribution in [0.25, 0.3) is 0 Å². The van der Waals surface area contributed by atoms with Crippen LogP contribution in [0.5, 0.6) is 0 Å². The maximum atomic E-state index is 13.1. The number of nitrogens with one attached hydrogen (secondary N) is 1. The Balaban J connectivity index is 2.14. The predicted molar refractivity (Wildman–Crippen MR) is 138 cm³/mol. The summed E-state index contributed by atoms with van der Waals surface area (Å²) in [6.07, 6.45) is 1.68. The van der Waals surface area contributed by atoms with Crippen molar-refractivity contribution in [2.45, 2.75) is 17.7 Å². The zero-order valence-corrected chi connectivity index (χ0v) is 22.0. The Labute approximate surface area is 211 Å². The van der Waals surface area contributed by atoms with Crippen molar-refractivity contribution in [1.29, 1.82) is 0 Å². The number of anilines is 1. The van der Waals surface area contributed by atoms with Crippen LogP contribution < -0.4 is 4.72 Å². The van der Waals surface area contributed by atoms with Crippen molar-refractivity contribution in [1.82, 2.24) is 14.7 Å². The number of carbonyl (C=O) groups excluding carboxylic acids is 1. The van der Waals surface area contributed by atoms with E-state index in [1.807, 2.05) is 33.1 Å². The van der Waals surface area contributed by atoms with Crippen LogP contribution in [0.2, 0.25) is 5.02 Å². The van der Waals surface area contributed by atoms with Gasteiger partial charge in [0.25, 0.3) is 21.6 Å². The molecule has 0 aliphatic carbocycles.